The van der Waals surface area contributed by atoms with Gasteiger partial charge in [-0.25, -0.2) is 9.98 Å². The standard InChI is InChI=1S/C42H32N2O2/c1-45-41-35(25-15-27-37(41)39(31-17-7-3-8-18-31)29-43-33-21-11-5-12-22-33)36-26-16-28-38(42(36)46-2)40(32-19-9-4-10-20-32)30-44-34-23-13-6-14-24-34/h3-28H,1-2H3. The summed E-state index contributed by atoms with van der Waals surface area (Å²) >= 11 is 0. The summed E-state index contributed by atoms with van der Waals surface area (Å²) in [7, 11) is 3.38. The Morgan fingerprint density at radius 1 is 0.413 bits per heavy atom. The summed E-state index contributed by atoms with van der Waals surface area (Å²) < 4.78 is 12.4. The average Bonchev–Trinajstić information content (AvgIpc) is 3.13. The van der Waals surface area contributed by atoms with Gasteiger partial charge in [-0.2, -0.15) is 0 Å². The summed E-state index contributed by atoms with van der Waals surface area (Å²) in [6.07, 6.45) is 0. The number of aliphatic imine (C=N–C) groups is 2. The van der Waals surface area contributed by atoms with Gasteiger partial charge in [0.25, 0.3) is 0 Å². The van der Waals surface area contributed by atoms with Crippen LogP contribution >= 0.6 is 0 Å². The Labute approximate surface area is 270 Å². The molecule has 0 saturated heterocycles. The first-order valence-corrected chi connectivity index (χ1v) is 15.0. The van der Waals surface area contributed by atoms with E-state index in [1.165, 1.54) is 0 Å². The number of hydrogen-bond acceptors (Lipinski definition) is 4. The normalized spacial score (nSPS) is 10.2. The Morgan fingerprint density at radius 2 is 0.761 bits per heavy atom. The Morgan fingerprint density at radius 3 is 1.11 bits per heavy atom. The molecule has 0 N–H and O–H groups in total. The fourth-order valence-corrected chi connectivity index (χ4v) is 5.35. The summed E-state index contributed by atoms with van der Waals surface area (Å²) in [4.78, 5) is 9.40. The van der Waals surface area contributed by atoms with Crippen LogP contribution in [0.15, 0.2) is 168 Å². The Hall–Kier alpha value is -6.18. The van der Waals surface area contributed by atoms with E-state index in [9.17, 15) is 0 Å². The van der Waals surface area contributed by atoms with Crippen LogP contribution in [0.1, 0.15) is 22.3 Å². The van der Waals surface area contributed by atoms with E-state index in [2.05, 4.69) is 36.0 Å². The van der Waals surface area contributed by atoms with Crippen LogP contribution in [0, 0.1) is 0 Å². The highest BCUT2D eigenvalue weighted by molar-refractivity contribution is 6.04. The van der Waals surface area contributed by atoms with E-state index in [0.717, 1.165) is 55.9 Å². The van der Waals surface area contributed by atoms with Crippen LogP contribution in [-0.4, -0.2) is 26.0 Å². The van der Waals surface area contributed by atoms with E-state index < -0.39 is 0 Å². The number of hydrogen-bond donors (Lipinski definition) is 0. The smallest absolute Gasteiger partial charge is 0.135 e. The molecule has 0 bridgehead atoms. The molecule has 6 rings (SSSR count). The molecule has 0 radical (unpaired) electrons. The Kier molecular flexibility index (Phi) is 9.44. The molecule has 4 heteroatoms. The van der Waals surface area contributed by atoms with Gasteiger partial charge in [-0.05, 0) is 59.3 Å². The molecule has 0 aliphatic rings. The number of ether oxygens (including phenoxy) is 2. The van der Waals surface area contributed by atoms with Crippen LogP contribution in [-0.2, 0) is 0 Å². The Balaban J connectivity index is 1.56. The maximum Gasteiger partial charge on any atom is 0.135 e. The third-order valence-corrected chi connectivity index (χ3v) is 7.50. The van der Waals surface area contributed by atoms with Crippen molar-refractivity contribution in [3.8, 4) is 22.6 Å². The molecule has 0 fully saturated rings. The molecular weight excluding hydrogens is 564 g/mol. The topological polar surface area (TPSA) is 43.2 Å². The molecule has 0 unspecified atom stereocenters. The van der Waals surface area contributed by atoms with Gasteiger partial charge in [0.2, 0.25) is 0 Å². The van der Waals surface area contributed by atoms with Gasteiger partial charge in [0.15, 0.2) is 0 Å². The lowest BCUT2D eigenvalue weighted by molar-refractivity contribution is 0.409. The van der Waals surface area contributed by atoms with E-state index in [4.69, 9.17) is 19.5 Å². The van der Waals surface area contributed by atoms with Gasteiger partial charge in [0, 0.05) is 22.3 Å². The SMILES string of the molecule is COc1c(C(=C=Nc2ccccc2)c2ccccc2)cccc1-c1cccc(C(=C=Nc2ccccc2)c2ccccc2)c1OC. The second-order valence-electron chi connectivity index (χ2n) is 10.4. The van der Waals surface area contributed by atoms with Crippen molar-refractivity contribution in [1.82, 2.24) is 0 Å². The third kappa shape index (κ3) is 6.65. The van der Waals surface area contributed by atoms with Crippen LogP contribution < -0.4 is 9.47 Å². The van der Waals surface area contributed by atoms with Gasteiger partial charge >= 0.3 is 0 Å². The lowest BCUT2D eigenvalue weighted by Crippen LogP contribution is -2.00. The molecule has 0 aliphatic heterocycles. The molecule has 4 nitrogen and oxygen atoms in total. The summed E-state index contributed by atoms with van der Waals surface area (Å²) in [5, 5.41) is 0. The van der Waals surface area contributed by atoms with E-state index in [1.54, 1.807) is 14.2 Å². The largest absolute Gasteiger partial charge is 0.495 e. The quantitative estimate of drug-likeness (QED) is 0.156. The molecule has 0 aliphatic carbocycles. The maximum absolute atomic E-state index is 6.18. The second-order valence-corrected chi connectivity index (χ2v) is 10.4. The van der Waals surface area contributed by atoms with Crippen LogP contribution in [0.2, 0.25) is 0 Å². The van der Waals surface area contributed by atoms with Crippen molar-refractivity contribution < 1.29 is 9.47 Å². The van der Waals surface area contributed by atoms with Crippen LogP contribution in [0.4, 0.5) is 11.4 Å². The first-order chi connectivity index (χ1) is 22.8. The highest BCUT2D eigenvalue weighted by Gasteiger charge is 2.21. The maximum atomic E-state index is 6.18. The number of para-hydroxylation sites is 4. The van der Waals surface area contributed by atoms with Crippen LogP contribution in [0.25, 0.3) is 22.3 Å². The number of methoxy groups -OCH3 is 2. The minimum Gasteiger partial charge on any atom is -0.495 e. The number of rotatable bonds is 9. The third-order valence-electron chi connectivity index (χ3n) is 7.50. The molecular formula is C42H32N2O2. The highest BCUT2D eigenvalue weighted by atomic mass is 16.5. The van der Waals surface area contributed by atoms with Crippen molar-refractivity contribution in [3.63, 3.8) is 0 Å². The van der Waals surface area contributed by atoms with Gasteiger partial charge in [-0.1, -0.05) is 121 Å². The predicted molar refractivity (Wildman–Crippen MR) is 190 cm³/mol. The van der Waals surface area contributed by atoms with Crippen LogP contribution in [0.5, 0.6) is 11.5 Å². The van der Waals surface area contributed by atoms with Crippen molar-refractivity contribution in [2.45, 2.75) is 0 Å². The summed E-state index contributed by atoms with van der Waals surface area (Å²) in [5.74, 6) is 8.06. The fraction of sp³-hybridized carbons (Fsp3) is 0.0476. The Bertz CT molecular complexity index is 1900. The molecule has 0 atom stereocenters. The second kappa shape index (κ2) is 14.5. The zero-order valence-corrected chi connectivity index (χ0v) is 25.7. The van der Waals surface area contributed by atoms with Gasteiger partial charge in [0.05, 0.1) is 36.7 Å². The first-order valence-electron chi connectivity index (χ1n) is 15.0. The van der Waals surface area contributed by atoms with Gasteiger partial charge in [-0.3, -0.25) is 0 Å². The zero-order chi connectivity index (χ0) is 31.6. The molecule has 0 heterocycles. The monoisotopic (exact) mass is 596 g/mol. The molecule has 222 valence electrons. The van der Waals surface area contributed by atoms with Crippen molar-refractivity contribution in [1.29, 1.82) is 0 Å². The molecule has 0 spiro atoms. The summed E-state index contributed by atoms with van der Waals surface area (Å²) in [6.45, 7) is 0. The molecule has 0 aromatic heterocycles. The fourth-order valence-electron chi connectivity index (χ4n) is 5.35. The van der Waals surface area contributed by atoms with Gasteiger partial charge < -0.3 is 9.47 Å². The molecule has 0 saturated carbocycles. The number of nitrogens with zero attached hydrogens (tertiary/aromatic N) is 2. The molecule has 6 aromatic rings. The summed E-state index contributed by atoms with van der Waals surface area (Å²) in [5.41, 5.74) is 8.70. The van der Waals surface area contributed by atoms with Crippen molar-refractivity contribution >= 4 is 34.3 Å². The van der Waals surface area contributed by atoms with Crippen LogP contribution in [0.3, 0.4) is 0 Å². The molecule has 6 aromatic carbocycles. The average molecular weight is 597 g/mol. The first kappa shape index (κ1) is 29.9. The molecule has 0 amide bonds. The van der Waals surface area contributed by atoms with Crippen molar-refractivity contribution in [3.05, 3.63) is 180 Å². The lowest BCUT2D eigenvalue weighted by atomic mass is 9.91. The number of benzene rings is 6. The molecule has 46 heavy (non-hydrogen) atoms. The van der Waals surface area contributed by atoms with Crippen molar-refractivity contribution in [2.24, 2.45) is 9.98 Å². The lowest BCUT2D eigenvalue weighted by Gasteiger charge is -2.19. The van der Waals surface area contributed by atoms with E-state index in [1.807, 2.05) is 133 Å². The minimum atomic E-state index is 0.691. The van der Waals surface area contributed by atoms with E-state index in [-0.39, 0.29) is 0 Å². The predicted octanol–water partition coefficient (Wildman–Crippen LogP) is 10.2. The van der Waals surface area contributed by atoms with E-state index >= 15 is 0 Å². The van der Waals surface area contributed by atoms with Gasteiger partial charge in [0.1, 0.15) is 11.5 Å². The van der Waals surface area contributed by atoms with Crippen molar-refractivity contribution in [2.75, 3.05) is 14.2 Å². The summed E-state index contributed by atoms with van der Waals surface area (Å²) in [6, 6.07) is 52.1. The van der Waals surface area contributed by atoms with Gasteiger partial charge in [-0.15, -0.1) is 0 Å². The van der Waals surface area contributed by atoms with E-state index in [0.29, 0.717) is 11.5 Å². The highest BCUT2D eigenvalue weighted by Crippen LogP contribution is 2.44. The minimum absolute atomic E-state index is 0.691. The zero-order valence-electron chi connectivity index (χ0n) is 25.7.